The SMILES string of the molecule is CCOC(=O)[C@@H](CCCCC1CCN(C(=O)OCc2ccccc2)CC1)NC(CSc1ccccc1N)C(=O)O. The van der Waals surface area contributed by atoms with Crippen LogP contribution in [0.5, 0.6) is 0 Å². The number of benzene rings is 2. The second kappa shape index (κ2) is 16.8. The van der Waals surface area contributed by atoms with E-state index in [1.54, 1.807) is 17.9 Å². The van der Waals surface area contributed by atoms with Crippen LogP contribution in [0.3, 0.4) is 0 Å². The summed E-state index contributed by atoms with van der Waals surface area (Å²) in [6, 6.07) is 15.3. The van der Waals surface area contributed by atoms with Gasteiger partial charge in [-0.05, 0) is 49.8 Å². The molecule has 4 N–H and O–H groups in total. The number of carboxylic acids is 1. The Balaban J connectivity index is 1.40. The van der Waals surface area contributed by atoms with E-state index in [4.69, 9.17) is 15.2 Å². The van der Waals surface area contributed by atoms with Crippen molar-refractivity contribution in [3.8, 4) is 0 Å². The van der Waals surface area contributed by atoms with Crippen molar-refractivity contribution in [2.24, 2.45) is 5.92 Å². The summed E-state index contributed by atoms with van der Waals surface area (Å²) >= 11 is 1.34. The van der Waals surface area contributed by atoms with Gasteiger partial charge in [-0.25, -0.2) is 4.79 Å². The molecule has 2 atom stereocenters. The fraction of sp³-hybridized carbons (Fsp3) is 0.500. The van der Waals surface area contributed by atoms with Gasteiger partial charge in [0.05, 0.1) is 6.61 Å². The highest BCUT2D eigenvalue weighted by Crippen LogP contribution is 2.26. The molecule has 1 amide bonds. The number of nitrogens with zero attached hydrogens (tertiary/aromatic N) is 1. The Hall–Kier alpha value is -3.24. The van der Waals surface area contributed by atoms with Crippen LogP contribution in [-0.2, 0) is 25.7 Å². The number of unbranched alkanes of at least 4 members (excludes halogenated alkanes) is 1. The summed E-state index contributed by atoms with van der Waals surface area (Å²) < 4.78 is 10.7. The molecule has 1 aliphatic rings. The number of esters is 1. The van der Waals surface area contributed by atoms with Gasteiger partial charge in [0.2, 0.25) is 0 Å². The number of aliphatic carboxylic acids is 1. The number of ether oxygens (including phenoxy) is 2. The molecule has 1 heterocycles. The van der Waals surface area contributed by atoms with Gasteiger partial charge in [-0.15, -0.1) is 11.8 Å². The van der Waals surface area contributed by atoms with E-state index in [1.165, 1.54) is 11.8 Å². The van der Waals surface area contributed by atoms with Gasteiger partial charge in [0.15, 0.2) is 0 Å². The molecular weight excluding hydrogens is 530 g/mol. The Morgan fingerprint density at radius 1 is 1.02 bits per heavy atom. The predicted octanol–water partition coefficient (Wildman–Crippen LogP) is 4.94. The zero-order valence-electron chi connectivity index (χ0n) is 23.1. The maximum atomic E-state index is 12.6. The molecule has 1 aliphatic heterocycles. The number of para-hydroxylation sites is 1. The van der Waals surface area contributed by atoms with Crippen molar-refractivity contribution < 1.29 is 29.0 Å². The number of nitrogens with two attached hydrogens (primary N) is 1. The number of carboxylic acid groups (broad SMARTS) is 1. The topological polar surface area (TPSA) is 131 Å². The van der Waals surface area contributed by atoms with Gasteiger partial charge in [0.25, 0.3) is 0 Å². The van der Waals surface area contributed by atoms with Gasteiger partial charge in [-0.2, -0.15) is 0 Å². The van der Waals surface area contributed by atoms with E-state index in [9.17, 15) is 19.5 Å². The van der Waals surface area contributed by atoms with Crippen molar-refractivity contribution in [1.82, 2.24) is 10.2 Å². The first-order valence-corrected chi connectivity index (χ1v) is 14.9. The lowest BCUT2D eigenvalue weighted by Gasteiger charge is -2.31. The van der Waals surface area contributed by atoms with Crippen molar-refractivity contribution in [3.63, 3.8) is 0 Å². The molecule has 2 aromatic carbocycles. The van der Waals surface area contributed by atoms with Gasteiger partial charge in [0, 0.05) is 29.4 Å². The molecule has 9 nitrogen and oxygen atoms in total. The van der Waals surface area contributed by atoms with Crippen molar-refractivity contribution in [1.29, 1.82) is 0 Å². The molecule has 218 valence electrons. The summed E-state index contributed by atoms with van der Waals surface area (Å²) in [5.74, 6) is -0.719. The van der Waals surface area contributed by atoms with Crippen LogP contribution < -0.4 is 11.1 Å². The van der Waals surface area contributed by atoms with E-state index in [-0.39, 0.29) is 25.1 Å². The zero-order valence-corrected chi connectivity index (χ0v) is 23.9. The number of hydrogen-bond donors (Lipinski definition) is 3. The van der Waals surface area contributed by atoms with Crippen LogP contribution in [0.1, 0.15) is 51.0 Å². The highest BCUT2D eigenvalue weighted by atomic mass is 32.2. The molecule has 0 saturated carbocycles. The van der Waals surface area contributed by atoms with Crippen LogP contribution in [0.25, 0.3) is 0 Å². The number of anilines is 1. The molecule has 0 spiro atoms. The monoisotopic (exact) mass is 571 g/mol. The standard InChI is InChI=1S/C30H41N3O6S/c1-2-38-29(36)25(32-26(28(34)35)21-40-27-15-9-7-13-24(27)31)14-8-6-10-22-16-18-33(19-17-22)30(37)39-20-23-11-4-3-5-12-23/h3-5,7,9,11-13,15,22,25-26,32H,2,6,8,10,14,16-21,31H2,1H3,(H,34,35)/t25-,26?/m1/s1. The number of hydrogen-bond acceptors (Lipinski definition) is 8. The van der Waals surface area contributed by atoms with Gasteiger partial charge in [0.1, 0.15) is 18.7 Å². The number of nitrogen functional groups attached to an aromatic ring is 1. The summed E-state index contributed by atoms with van der Waals surface area (Å²) in [4.78, 5) is 39.6. The summed E-state index contributed by atoms with van der Waals surface area (Å²) in [5.41, 5.74) is 7.54. The van der Waals surface area contributed by atoms with E-state index < -0.39 is 24.0 Å². The number of carbonyl (C=O) groups is 3. The highest BCUT2D eigenvalue weighted by Gasteiger charge is 2.28. The Morgan fingerprint density at radius 3 is 2.40 bits per heavy atom. The summed E-state index contributed by atoms with van der Waals surface area (Å²) in [5, 5.41) is 12.8. The lowest BCUT2D eigenvalue weighted by molar-refractivity contribution is -0.147. The minimum atomic E-state index is -1.02. The van der Waals surface area contributed by atoms with Crippen LogP contribution in [0.2, 0.25) is 0 Å². The minimum absolute atomic E-state index is 0.228. The first-order chi connectivity index (χ1) is 19.4. The zero-order chi connectivity index (χ0) is 28.7. The highest BCUT2D eigenvalue weighted by molar-refractivity contribution is 7.99. The maximum Gasteiger partial charge on any atom is 0.410 e. The van der Waals surface area contributed by atoms with E-state index in [0.29, 0.717) is 31.1 Å². The van der Waals surface area contributed by atoms with E-state index in [1.807, 2.05) is 48.5 Å². The molecular formula is C30H41N3O6S. The average Bonchev–Trinajstić information content (AvgIpc) is 2.96. The maximum absolute atomic E-state index is 12.6. The Bertz CT molecular complexity index is 1080. The molecule has 40 heavy (non-hydrogen) atoms. The first kappa shape index (κ1) is 31.3. The van der Waals surface area contributed by atoms with E-state index in [2.05, 4.69) is 5.32 Å². The van der Waals surface area contributed by atoms with Crippen molar-refractivity contribution in [2.75, 3.05) is 31.2 Å². The number of nitrogens with one attached hydrogen (secondary N) is 1. The summed E-state index contributed by atoms with van der Waals surface area (Å²) in [6.45, 7) is 3.60. The van der Waals surface area contributed by atoms with Crippen LogP contribution in [0.4, 0.5) is 10.5 Å². The normalized spacial score (nSPS) is 15.3. The fourth-order valence-electron chi connectivity index (χ4n) is 4.73. The van der Waals surface area contributed by atoms with E-state index >= 15 is 0 Å². The van der Waals surface area contributed by atoms with Gasteiger partial charge < -0.3 is 25.2 Å². The number of thioether (sulfide) groups is 1. The van der Waals surface area contributed by atoms with Crippen LogP contribution in [0, 0.1) is 5.92 Å². The molecule has 10 heteroatoms. The average molecular weight is 572 g/mol. The Kier molecular flexibility index (Phi) is 13.1. The van der Waals surface area contributed by atoms with Crippen molar-refractivity contribution in [2.45, 2.75) is 69.0 Å². The largest absolute Gasteiger partial charge is 0.480 e. The van der Waals surface area contributed by atoms with Crippen LogP contribution >= 0.6 is 11.8 Å². The quantitative estimate of drug-likeness (QED) is 0.118. The molecule has 1 saturated heterocycles. The lowest BCUT2D eigenvalue weighted by atomic mass is 9.91. The molecule has 0 aromatic heterocycles. The van der Waals surface area contributed by atoms with Gasteiger partial charge in [-0.3, -0.25) is 14.9 Å². The number of piperidine rings is 1. The third kappa shape index (κ3) is 10.4. The third-order valence-electron chi connectivity index (χ3n) is 7.03. The molecule has 1 fully saturated rings. The number of rotatable bonds is 15. The number of likely N-dealkylation sites (tertiary alicyclic amines) is 1. The van der Waals surface area contributed by atoms with E-state index in [0.717, 1.165) is 42.6 Å². The lowest BCUT2D eigenvalue weighted by Crippen LogP contribution is -2.49. The van der Waals surface area contributed by atoms with Gasteiger partial charge in [-0.1, -0.05) is 61.7 Å². The number of carbonyl (C=O) groups excluding carboxylic acids is 2. The Labute approximate surface area is 240 Å². The molecule has 0 aliphatic carbocycles. The number of amides is 1. The van der Waals surface area contributed by atoms with Crippen LogP contribution in [0.15, 0.2) is 59.5 Å². The van der Waals surface area contributed by atoms with Crippen molar-refractivity contribution >= 4 is 35.5 Å². The predicted molar refractivity (Wildman–Crippen MR) is 156 cm³/mol. The van der Waals surface area contributed by atoms with Gasteiger partial charge >= 0.3 is 18.0 Å². The summed E-state index contributed by atoms with van der Waals surface area (Å²) in [6.07, 6.45) is 4.72. The second-order valence-corrected chi connectivity index (χ2v) is 11.0. The van der Waals surface area contributed by atoms with Crippen molar-refractivity contribution in [3.05, 3.63) is 60.2 Å². The van der Waals surface area contributed by atoms with Crippen LogP contribution in [-0.4, -0.2) is 65.6 Å². The molecule has 0 bridgehead atoms. The minimum Gasteiger partial charge on any atom is -0.480 e. The first-order valence-electron chi connectivity index (χ1n) is 14.0. The molecule has 0 radical (unpaired) electrons. The smallest absolute Gasteiger partial charge is 0.410 e. The second-order valence-electron chi connectivity index (χ2n) is 9.97. The molecule has 1 unspecified atom stereocenters. The molecule has 2 aromatic rings. The molecule has 3 rings (SSSR count). The third-order valence-corrected chi connectivity index (χ3v) is 8.21. The summed E-state index contributed by atoms with van der Waals surface area (Å²) in [7, 11) is 0. The Morgan fingerprint density at radius 2 is 1.73 bits per heavy atom. The fourth-order valence-corrected chi connectivity index (χ4v) is 5.72.